The lowest BCUT2D eigenvalue weighted by Gasteiger charge is -2.28. The van der Waals surface area contributed by atoms with Crippen LogP contribution in [-0.4, -0.2) is 47.0 Å². The Kier molecular flexibility index (Phi) is 6.08. The average molecular weight is 477 g/mol. The summed E-state index contributed by atoms with van der Waals surface area (Å²) in [6.07, 6.45) is -2.78. The van der Waals surface area contributed by atoms with E-state index >= 15 is 0 Å². The van der Waals surface area contributed by atoms with Gasteiger partial charge in [-0.2, -0.15) is 13.2 Å². The minimum atomic E-state index is -4.44. The molecule has 4 aromatic rings. The van der Waals surface area contributed by atoms with Gasteiger partial charge in [0.1, 0.15) is 5.82 Å². The van der Waals surface area contributed by atoms with Crippen LogP contribution in [0.4, 0.5) is 24.7 Å². The number of carbonyl (C=O) groups is 1. The van der Waals surface area contributed by atoms with Crippen LogP contribution in [-0.2, 0) is 6.18 Å². The lowest BCUT2D eigenvalue weighted by atomic mass is 10.0. The van der Waals surface area contributed by atoms with Gasteiger partial charge in [0.05, 0.1) is 16.8 Å². The fraction of sp³-hybridized carbons (Fsp3) is 0.192. The van der Waals surface area contributed by atoms with Gasteiger partial charge in [-0.15, -0.1) is 0 Å². The third kappa shape index (κ3) is 4.95. The van der Waals surface area contributed by atoms with Gasteiger partial charge >= 0.3 is 6.18 Å². The third-order valence-corrected chi connectivity index (χ3v) is 5.89. The molecule has 0 radical (unpaired) electrons. The standard InChI is InChI=1S/C26H22F3N5O/c27-26(28,29)18-6-4-17-5-9-24(33-23(17)15-18)32-19-7-8-20(25(35)34-13-11-30-12-14-34)21(16-19)22-3-1-2-10-31-22/h1-10,15-16,30H,11-14H2,(H,32,33). The number of anilines is 2. The first-order chi connectivity index (χ1) is 16.9. The molecule has 2 N–H and O–H groups in total. The summed E-state index contributed by atoms with van der Waals surface area (Å²) in [5, 5.41) is 7.00. The van der Waals surface area contributed by atoms with E-state index in [1.165, 1.54) is 6.07 Å². The summed E-state index contributed by atoms with van der Waals surface area (Å²) in [6.45, 7) is 2.74. The van der Waals surface area contributed by atoms with Gasteiger partial charge in [0.15, 0.2) is 0 Å². The van der Waals surface area contributed by atoms with Crippen LogP contribution in [0.15, 0.2) is 72.9 Å². The van der Waals surface area contributed by atoms with E-state index in [0.29, 0.717) is 46.8 Å². The monoisotopic (exact) mass is 477 g/mol. The lowest BCUT2D eigenvalue weighted by molar-refractivity contribution is -0.137. The molecule has 178 valence electrons. The van der Waals surface area contributed by atoms with Gasteiger partial charge < -0.3 is 15.5 Å². The van der Waals surface area contributed by atoms with Crippen LogP contribution in [0, 0.1) is 0 Å². The Morgan fingerprint density at radius 2 is 1.77 bits per heavy atom. The molecule has 5 rings (SSSR count). The van der Waals surface area contributed by atoms with Crippen molar-refractivity contribution in [3.8, 4) is 11.3 Å². The summed E-state index contributed by atoms with van der Waals surface area (Å²) in [5.41, 5.74) is 1.98. The van der Waals surface area contributed by atoms with Crippen molar-refractivity contribution in [2.24, 2.45) is 0 Å². The SMILES string of the molecule is O=C(c1ccc(Nc2ccc3ccc(C(F)(F)F)cc3n2)cc1-c1ccccn1)N1CCNCC1. The first-order valence-electron chi connectivity index (χ1n) is 11.2. The fourth-order valence-corrected chi connectivity index (χ4v) is 4.09. The third-order valence-electron chi connectivity index (χ3n) is 5.89. The molecule has 0 atom stereocenters. The number of hydrogen-bond acceptors (Lipinski definition) is 5. The number of rotatable bonds is 4. The maximum absolute atomic E-state index is 13.3. The highest BCUT2D eigenvalue weighted by Gasteiger charge is 2.30. The highest BCUT2D eigenvalue weighted by atomic mass is 19.4. The smallest absolute Gasteiger partial charge is 0.340 e. The normalized spacial score (nSPS) is 14.2. The van der Waals surface area contributed by atoms with E-state index < -0.39 is 11.7 Å². The van der Waals surface area contributed by atoms with E-state index in [1.807, 2.05) is 23.1 Å². The topological polar surface area (TPSA) is 70.2 Å². The second kappa shape index (κ2) is 9.34. The Bertz CT molecular complexity index is 1370. The molecule has 1 amide bonds. The number of pyridine rings is 2. The molecule has 1 fully saturated rings. The first kappa shape index (κ1) is 22.8. The van der Waals surface area contributed by atoms with Crippen LogP contribution in [0.2, 0.25) is 0 Å². The molecule has 1 aliphatic rings. The second-order valence-corrected chi connectivity index (χ2v) is 8.24. The van der Waals surface area contributed by atoms with Gasteiger partial charge in [0, 0.05) is 54.6 Å². The van der Waals surface area contributed by atoms with Gasteiger partial charge in [0.2, 0.25) is 0 Å². The van der Waals surface area contributed by atoms with E-state index in [1.54, 1.807) is 36.5 Å². The van der Waals surface area contributed by atoms with Crippen LogP contribution in [0.3, 0.4) is 0 Å². The molecule has 2 aromatic heterocycles. The minimum Gasteiger partial charge on any atom is -0.340 e. The zero-order valence-electron chi connectivity index (χ0n) is 18.6. The number of benzene rings is 2. The number of hydrogen-bond donors (Lipinski definition) is 2. The van der Waals surface area contributed by atoms with Crippen molar-refractivity contribution in [2.75, 3.05) is 31.5 Å². The van der Waals surface area contributed by atoms with Gasteiger partial charge in [0.25, 0.3) is 5.91 Å². The van der Waals surface area contributed by atoms with Crippen LogP contribution in [0.1, 0.15) is 15.9 Å². The van der Waals surface area contributed by atoms with Crippen molar-refractivity contribution in [3.05, 3.63) is 84.1 Å². The van der Waals surface area contributed by atoms with Gasteiger partial charge in [-0.05, 0) is 54.6 Å². The molecule has 35 heavy (non-hydrogen) atoms. The van der Waals surface area contributed by atoms with Gasteiger partial charge in [-0.1, -0.05) is 12.1 Å². The number of halogens is 3. The summed E-state index contributed by atoms with van der Waals surface area (Å²) in [5.74, 6) is 0.326. The Morgan fingerprint density at radius 1 is 0.971 bits per heavy atom. The maximum atomic E-state index is 13.3. The minimum absolute atomic E-state index is 0.0674. The van der Waals surface area contributed by atoms with Crippen molar-refractivity contribution in [1.82, 2.24) is 20.2 Å². The Labute approximate surface area is 199 Å². The molecular weight excluding hydrogens is 455 g/mol. The predicted octanol–water partition coefficient (Wildman–Crippen LogP) is 5.10. The summed E-state index contributed by atoms with van der Waals surface area (Å²) < 4.78 is 39.4. The molecule has 0 saturated carbocycles. The summed E-state index contributed by atoms with van der Waals surface area (Å²) >= 11 is 0. The maximum Gasteiger partial charge on any atom is 0.416 e. The number of carbonyl (C=O) groups excluding carboxylic acids is 1. The molecule has 0 spiro atoms. The highest BCUT2D eigenvalue weighted by molar-refractivity contribution is 6.01. The zero-order valence-corrected chi connectivity index (χ0v) is 18.6. The van der Waals surface area contributed by atoms with Crippen LogP contribution < -0.4 is 10.6 Å². The summed E-state index contributed by atoms with van der Waals surface area (Å²) in [4.78, 5) is 23.9. The van der Waals surface area contributed by atoms with Crippen LogP contribution in [0.25, 0.3) is 22.2 Å². The largest absolute Gasteiger partial charge is 0.416 e. The first-order valence-corrected chi connectivity index (χ1v) is 11.2. The number of alkyl halides is 3. The molecule has 3 heterocycles. The van der Waals surface area contributed by atoms with Crippen molar-refractivity contribution in [2.45, 2.75) is 6.18 Å². The molecule has 0 bridgehead atoms. The molecule has 6 nitrogen and oxygen atoms in total. The quantitative estimate of drug-likeness (QED) is 0.428. The fourth-order valence-electron chi connectivity index (χ4n) is 4.09. The van der Waals surface area contributed by atoms with Crippen molar-refractivity contribution >= 4 is 28.3 Å². The van der Waals surface area contributed by atoms with Crippen molar-refractivity contribution in [1.29, 1.82) is 0 Å². The van der Waals surface area contributed by atoms with Gasteiger partial charge in [-0.3, -0.25) is 9.78 Å². The zero-order chi connectivity index (χ0) is 24.4. The number of fused-ring (bicyclic) bond motifs is 1. The van der Waals surface area contributed by atoms with E-state index in [4.69, 9.17) is 0 Å². The van der Waals surface area contributed by atoms with Crippen molar-refractivity contribution < 1.29 is 18.0 Å². The lowest BCUT2D eigenvalue weighted by Crippen LogP contribution is -2.46. The van der Waals surface area contributed by atoms with Crippen LogP contribution >= 0.6 is 0 Å². The number of amides is 1. The molecule has 9 heteroatoms. The predicted molar refractivity (Wildman–Crippen MR) is 128 cm³/mol. The summed E-state index contributed by atoms with van der Waals surface area (Å²) in [6, 6.07) is 17.7. The Morgan fingerprint density at radius 3 is 2.51 bits per heavy atom. The van der Waals surface area contributed by atoms with E-state index in [2.05, 4.69) is 20.6 Å². The second-order valence-electron chi connectivity index (χ2n) is 8.24. The number of piperazine rings is 1. The van der Waals surface area contributed by atoms with E-state index in [0.717, 1.165) is 25.2 Å². The van der Waals surface area contributed by atoms with E-state index in [9.17, 15) is 18.0 Å². The average Bonchev–Trinajstić information content (AvgIpc) is 2.88. The Hall–Kier alpha value is -3.98. The van der Waals surface area contributed by atoms with Crippen molar-refractivity contribution in [3.63, 3.8) is 0 Å². The summed E-state index contributed by atoms with van der Waals surface area (Å²) in [7, 11) is 0. The molecule has 1 aliphatic heterocycles. The van der Waals surface area contributed by atoms with Gasteiger partial charge in [-0.25, -0.2) is 4.98 Å². The molecule has 1 saturated heterocycles. The molecule has 2 aromatic carbocycles. The molecule has 0 unspecified atom stereocenters. The molecule has 0 aliphatic carbocycles. The molecular formula is C26H22F3N5O. The van der Waals surface area contributed by atoms with E-state index in [-0.39, 0.29) is 11.4 Å². The number of aromatic nitrogens is 2. The Balaban J connectivity index is 1.49. The number of nitrogens with one attached hydrogen (secondary N) is 2. The highest BCUT2D eigenvalue weighted by Crippen LogP contribution is 2.32. The van der Waals surface area contributed by atoms with Crippen LogP contribution in [0.5, 0.6) is 0 Å². The number of nitrogens with zero attached hydrogens (tertiary/aromatic N) is 3.